The SMILES string of the molecule is c1ccc2c(CN3CC[C@]4(CCCNC4)C3)c[nH]c2c1. The number of likely N-dealkylation sites (tertiary alicyclic amines) is 1. The highest BCUT2D eigenvalue weighted by Gasteiger charge is 2.38. The third kappa shape index (κ3) is 2.15. The molecule has 1 aromatic carbocycles. The van der Waals surface area contributed by atoms with Crippen LogP contribution in [-0.2, 0) is 6.54 Å². The van der Waals surface area contributed by atoms with Gasteiger partial charge < -0.3 is 10.3 Å². The lowest BCUT2D eigenvalue weighted by molar-refractivity contribution is 0.200. The molecule has 3 nitrogen and oxygen atoms in total. The minimum Gasteiger partial charge on any atom is -0.361 e. The molecule has 0 bridgehead atoms. The van der Waals surface area contributed by atoms with Crippen molar-refractivity contribution in [3.63, 3.8) is 0 Å². The van der Waals surface area contributed by atoms with Crippen molar-refractivity contribution in [1.29, 1.82) is 0 Å². The minimum atomic E-state index is 0.560. The average molecular weight is 269 g/mol. The van der Waals surface area contributed by atoms with E-state index in [0.29, 0.717) is 5.41 Å². The molecule has 0 unspecified atom stereocenters. The van der Waals surface area contributed by atoms with E-state index in [9.17, 15) is 0 Å². The van der Waals surface area contributed by atoms with Crippen LogP contribution in [0.25, 0.3) is 10.9 Å². The summed E-state index contributed by atoms with van der Waals surface area (Å²) in [7, 11) is 0. The van der Waals surface area contributed by atoms with Gasteiger partial charge in [0.1, 0.15) is 0 Å². The Morgan fingerprint density at radius 2 is 2.15 bits per heavy atom. The molecule has 0 aliphatic carbocycles. The smallest absolute Gasteiger partial charge is 0.0457 e. The summed E-state index contributed by atoms with van der Waals surface area (Å²) in [6.07, 6.45) is 6.31. The molecule has 106 valence electrons. The quantitative estimate of drug-likeness (QED) is 0.878. The number of hydrogen-bond donors (Lipinski definition) is 2. The number of hydrogen-bond acceptors (Lipinski definition) is 2. The first-order valence-corrected chi connectivity index (χ1v) is 7.83. The molecule has 2 fully saturated rings. The van der Waals surface area contributed by atoms with Crippen molar-refractivity contribution in [1.82, 2.24) is 15.2 Å². The van der Waals surface area contributed by atoms with Gasteiger partial charge in [0.05, 0.1) is 0 Å². The Balaban J connectivity index is 1.50. The van der Waals surface area contributed by atoms with Gasteiger partial charge in [-0.05, 0) is 49.4 Å². The van der Waals surface area contributed by atoms with Crippen molar-refractivity contribution in [3.8, 4) is 0 Å². The van der Waals surface area contributed by atoms with Crippen molar-refractivity contribution in [2.45, 2.75) is 25.8 Å². The van der Waals surface area contributed by atoms with E-state index < -0.39 is 0 Å². The molecule has 1 spiro atoms. The fourth-order valence-electron chi connectivity index (χ4n) is 4.04. The van der Waals surface area contributed by atoms with Crippen molar-refractivity contribution < 1.29 is 0 Å². The fourth-order valence-corrected chi connectivity index (χ4v) is 4.04. The monoisotopic (exact) mass is 269 g/mol. The summed E-state index contributed by atoms with van der Waals surface area (Å²) < 4.78 is 0. The van der Waals surface area contributed by atoms with Gasteiger partial charge in [-0.1, -0.05) is 18.2 Å². The maximum Gasteiger partial charge on any atom is 0.0457 e. The van der Waals surface area contributed by atoms with E-state index in [1.54, 1.807) is 0 Å². The van der Waals surface area contributed by atoms with Gasteiger partial charge in [-0.25, -0.2) is 0 Å². The number of piperidine rings is 1. The molecule has 2 aromatic rings. The summed E-state index contributed by atoms with van der Waals surface area (Å²) in [5.74, 6) is 0. The summed E-state index contributed by atoms with van der Waals surface area (Å²) in [5, 5.41) is 4.98. The van der Waals surface area contributed by atoms with E-state index >= 15 is 0 Å². The number of aromatic nitrogens is 1. The number of nitrogens with zero attached hydrogens (tertiary/aromatic N) is 1. The second-order valence-electron chi connectivity index (χ2n) is 6.60. The van der Waals surface area contributed by atoms with Crippen LogP contribution < -0.4 is 5.32 Å². The Hall–Kier alpha value is -1.32. The first-order valence-electron chi connectivity index (χ1n) is 7.83. The zero-order chi connectivity index (χ0) is 13.4. The van der Waals surface area contributed by atoms with E-state index in [2.05, 4.69) is 45.7 Å². The summed E-state index contributed by atoms with van der Waals surface area (Å²) >= 11 is 0. The summed E-state index contributed by atoms with van der Waals surface area (Å²) in [6, 6.07) is 8.63. The standard InChI is InChI=1S/C17H23N3/c1-2-5-16-15(4-1)14(10-19-16)11-20-9-7-17(13-20)6-3-8-18-12-17/h1-2,4-5,10,18-19H,3,6-9,11-13H2/t17-/m0/s1. The Morgan fingerprint density at radius 3 is 3.05 bits per heavy atom. The van der Waals surface area contributed by atoms with Crippen molar-refractivity contribution in [3.05, 3.63) is 36.0 Å². The highest BCUT2D eigenvalue weighted by atomic mass is 15.2. The largest absolute Gasteiger partial charge is 0.361 e. The van der Waals surface area contributed by atoms with Crippen LogP contribution in [0.15, 0.2) is 30.5 Å². The average Bonchev–Trinajstić information content (AvgIpc) is 3.06. The summed E-state index contributed by atoms with van der Waals surface area (Å²) in [6.45, 7) is 6.04. The van der Waals surface area contributed by atoms with Crippen molar-refractivity contribution in [2.75, 3.05) is 26.2 Å². The van der Waals surface area contributed by atoms with Gasteiger partial charge in [0.25, 0.3) is 0 Å². The second kappa shape index (κ2) is 4.90. The van der Waals surface area contributed by atoms with E-state index in [-0.39, 0.29) is 0 Å². The van der Waals surface area contributed by atoms with Crippen LogP contribution in [0.1, 0.15) is 24.8 Å². The van der Waals surface area contributed by atoms with Crippen LogP contribution in [0.5, 0.6) is 0 Å². The highest BCUT2D eigenvalue weighted by molar-refractivity contribution is 5.82. The van der Waals surface area contributed by atoms with Crippen LogP contribution in [0, 0.1) is 5.41 Å². The zero-order valence-corrected chi connectivity index (χ0v) is 12.0. The number of aromatic amines is 1. The summed E-state index contributed by atoms with van der Waals surface area (Å²) in [5.41, 5.74) is 3.27. The van der Waals surface area contributed by atoms with E-state index in [0.717, 1.165) is 6.54 Å². The van der Waals surface area contributed by atoms with E-state index in [1.807, 2.05) is 0 Å². The molecule has 20 heavy (non-hydrogen) atoms. The molecule has 0 radical (unpaired) electrons. The first-order chi connectivity index (χ1) is 9.85. The number of benzene rings is 1. The molecule has 3 heterocycles. The fraction of sp³-hybridized carbons (Fsp3) is 0.529. The molecule has 3 heteroatoms. The Morgan fingerprint density at radius 1 is 1.20 bits per heavy atom. The molecule has 1 atom stereocenters. The number of para-hydroxylation sites is 1. The second-order valence-corrected chi connectivity index (χ2v) is 6.60. The maximum absolute atomic E-state index is 3.59. The van der Waals surface area contributed by atoms with Gasteiger partial charge in [0, 0.05) is 36.7 Å². The molecular formula is C17H23N3. The number of H-pyrrole nitrogens is 1. The number of rotatable bonds is 2. The molecule has 4 rings (SSSR count). The van der Waals surface area contributed by atoms with Crippen molar-refractivity contribution in [2.24, 2.45) is 5.41 Å². The highest BCUT2D eigenvalue weighted by Crippen LogP contribution is 2.37. The van der Waals surface area contributed by atoms with Gasteiger partial charge in [-0.3, -0.25) is 4.90 Å². The minimum absolute atomic E-state index is 0.560. The topological polar surface area (TPSA) is 31.1 Å². The summed E-state index contributed by atoms with van der Waals surface area (Å²) in [4.78, 5) is 6.04. The first kappa shape index (κ1) is 12.4. The van der Waals surface area contributed by atoms with Gasteiger partial charge in [0.15, 0.2) is 0 Å². The van der Waals surface area contributed by atoms with E-state index in [1.165, 1.54) is 61.9 Å². The number of nitrogens with one attached hydrogen (secondary N) is 2. The molecule has 2 aliphatic heterocycles. The number of fused-ring (bicyclic) bond motifs is 1. The van der Waals surface area contributed by atoms with Crippen LogP contribution in [0.3, 0.4) is 0 Å². The Bertz CT molecular complexity index is 595. The molecule has 1 aromatic heterocycles. The Kier molecular flexibility index (Phi) is 3.04. The lowest BCUT2D eigenvalue weighted by Gasteiger charge is -2.34. The molecule has 2 aliphatic rings. The predicted octanol–water partition coefficient (Wildman–Crippen LogP) is 2.74. The van der Waals surface area contributed by atoms with E-state index in [4.69, 9.17) is 0 Å². The third-order valence-electron chi connectivity index (χ3n) is 5.15. The van der Waals surface area contributed by atoms with Gasteiger partial charge >= 0.3 is 0 Å². The van der Waals surface area contributed by atoms with Gasteiger partial charge in [-0.15, -0.1) is 0 Å². The molecule has 2 N–H and O–H groups in total. The van der Waals surface area contributed by atoms with Crippen LogP contribution in [0.4, 0.5) is 0 Å². The molecule has 2 saturated heterocycles. The zero-order valence-electron chi connectivity index (χ0n) is 12.0. The normalized spacial score (nSPS) is 27.6. The van der Waals surface area contributed by atoms with Gasteiger partial charge in [0.2, 0.25) is 0 Å². The molecular weight excluding hydrogens is 246 g/mol. The van der Waals surface area contributed by atoms with Gasteiger partial charge in [-0.2, -0.15) is 0 Å². The molecule has 0 amide bonds. The predicted molar refractivity (Wildman–Crippen MR) is 82.7 cm³/mol. The lowest BCUT2D eigenvalue weighted by atomic mass is 9.80. The van der Waals surface area contributed by atoms with Crippen LogP contribution in [0.2, 0.25) is 0 Å². The third-order valence-corrected chi connectivity index (χ3v) is 5.15. The Labute approximate surface area is 120 Å². The lowest BCUT2D eigenvalue weighted by Crippen LogP contribution is -2.41. The van der Waals surface area contributed by atoms with Crippen LogP contribution >= 0.6 is 0 Å². The van der Waals surface area contributed by atoms with Crippen molar-refractivity contribution >= 4 is 10.9 Å². The van der Waals surface area contributed by atoms with Crippen LogP contribution in [-0.4, -0.2) is 36.1 Å². The maximum atomic E-state index is 3.59. The molecule has 0 saturated carbocycles.